The van der Waals surface area contributed by atoms with E-state index in [1.807, 2.05) is 0 Å². The Balaban J connectivity index is 2.81. The van der Waals surface area contributed by atoms with Gasteiger partial charge in [-0.15, -0.1) is 0 Å². The van der Waals surface area contributed by atoms with Gasteiger partial charge in [0.1, 0.15) is 0 Å². The molecule has 0 amide bonds. The number of H-pyrrole nitrogens is 1. The summed E-state index contributed by atoms with van der Waals surface area (Å²) in [5, 5.41) is 17.2. The minimum absolute atomic E-state index is 0.396. The van der Waals surface area contributed by atoms with Crippen molar-refractivity contribution >= 4 is 11.9 Å². The molecule has 5 heteroatoms. The smallest absolute Gasteiger partial charge is 0.311 e. The van der Waals surface area contributed by atoms with Crippen molar-refractivity contribution in [1.29, 1.82) is 0 Å². The number of hydrogen-bond donors (Lipinski definition) is 3. The Morgan fingerprint density at radius 2 is 2.15 bits per heavy atom. The first-order valence-corrected chi connectivity index (χ1v) is 3.68. The fourth-order valence-electron chi connectivity index (χ4n) is 1.08. The largest absolute Gasteiger partial charge is 0.481 e. The maximum atomic E-state index is 10.7. The summed E-state index contributed by atoms with van der Waals surface area (Å²) in [5.74, 6) is -3.21. The number of nitrogens with one attached hydrogen (secondary N) is 1. The van der Waals surface area contributed by atoms with Gasteiger partial charge in [-0.1, -0.05) is 0 Å². The molecule has 0 aliphatic heterocycles. The summed E-state index contributed by atoms with van der Waals surface area (Å²) < 4.78 is 0. The standard InChI is InChI=1S/C8H9NO4/c10-7(11)3-6(8(12)13)5-1-2-9-4-5/h1-2,4,6,9H,3H2,(H,10,11)(H,12,13). The molecule has 1 atom stereocenters. The van der Waals surface area contributed by atoms with Crippen molar-refractivity contribution in [3.8, 4) is 0 Å². The zero-order chi connectivity index (χ0) is 9.84. The Kier molecular flexibility index (Phi) is 2.69. The van der Waals surface area contributed by atoms with Gasteiger partial charge in [0.05, 0.1) is 12.3 Å². The molecule has 1 heterocycles. The van der Waals surface area contributed by atoms with Crippen LogP contribution in [0.15, 0.2) is 18.5 Å². The number of hydrogen-bond acceptors (Lipinski definition) is 2. The maximum absolute atomic E-state index is 10.7. The number of aliphatic carboxylic acids is 2. The van der Waals surface area contributed by atoms with E-state index in [1.165, 1.54) is 6.20 Å². The molecule has 1 aromatic heterocycles. The number of carbonyl (C=O) groups is 2. The van der Waals surface area contributed by atoms with Crippen LogP contribution in [0.2, 0.25) is 0 Å². The topological polar surface area (TPSA) is 90.4 Å². The molecule has 0 bridgehead atoms. The van der Waals surface area contributed by atoms with Crippen LogP contribution in [0.5, 0.6) is 0 Å². The van der Waals surface area contributed by atoms with E-state index in [1.54, 1.807) is 12.3 Å². The maximum Gasteiger partial charge on any atom is 0.311 e. The van der Waals surface area contributed by atoms with Crippen molar-refractivity contribution < 1.29 is 19.8 Å². The van der Waals surface area contributed by atoms with Gasteiger partial charge in [-0.3, -0.25) is 9.59 Å². The SMILES string of the molecule is O=C(O)CC(C(=O)O)c1cc[nH]c1. The lowest BCUT2D eigenvalue weighted by atomic mass is 9.99. The molecule has 0 saturated carbocycles. The van der Waals surface area contributed by atoms with Crippen LogP contribution in [-0.2, 0) is 9.59 Å². The third-order valence-corrected chi connectivity index (χ3v) is 1.70. The van der Waals surface area contributed by atoms with E-state index < -0.39 is 24.3 Å². The molecule has 1 rings (SSSR count). The van der Waals surface area contributed by atoms with Crippen LogP contribution in [0.25, 0.3) is 0 Å². The molecule has 1 aromatic rings. The van der Waals surface area contributed by atoms with Crippen LogP contribution >= 0.6 is 0 Å². The molecule has 70 valence electrons. The zero-order valence-electron chi connectivity index (χ0n) is 6.73. The first-order chi connectivity index (χ1) is 6.11. The predicted octanol–water partition coefficient (Wildman–Crippen LogP) is 0.658. The molecular weight excluding hydrogens is 174 g/mol. The normalized spacial score (nSPS) is 12.3. The fraction of sp³-hybridized carbons (Fsp3) is 0.250. The van der Waals surface area contributed by atoms with E-state index in [9.17, 15) is 9.59 Å². The molecule has 1 unspecified atom stereocenters. The summed E-state index contributed by atoms with van der Waals surface area (Å²) >= 11 is 0. The van der Waals surface area contributed by atoms with E-state index in [0.717, 1.165) is 0 Å². The molecule has 13 heavy (non-hydrogen) atoms. The van der Waals surface area contributed by atoms with Crippen molar-refractivity contribution in [3.05, 3.63) is 24.0 Å². The molecule has 0 saturated heterocycles. The molecular formula is C8H9NO4. The van der Waals surface area contributed by atoms with Gasteiger partial charge in [-0.25, -0.2) is 0 Å². The quantitative estimate of drug-likeness (QED) is 0.639. The summed E-state index contributed by atoms with van der Waals surface area (Å²) in [7, 11) is 0. The number of carboxylic acid groups (broad SMARTS) is 2. The third kappa shape index (κ3) is 2.33. The van der Waals surface area contributed by atoms with Crippen LogP contribution in [0.3, 0.4) is 0 Å². The lowest BCUT2D eigenvalue weighted by molar-refractivity contribution is -0.145. The average molecular weight is 183 g/mol. The van der Waals surface area contributed by atoms with Gasteiger partial charge in [-0.2, -0.15) is 0 Å². The summed E-state index contributed by atoms with van der Waals surface area (Å²) in [6.07, 6.45) is 2.65. The van der Waals surface area contributed by atoms with Crippen molar-refractivity contribution in [3.63, 3.8) is 0 Å². The highest BCUT2D eigenvalue weighted by Gasteiger charge is 2.22. The van der Waals surface area contributed by atoms with Gasteiger partial charge < -0.3 is 15.2 Å². The first-order valence-electron chi connectivity index (χ1n) is 3.68. The molecule has 5 nitrogen and oxygen atoms in total. The molecule has 0 fully saturated rings. The van der Waals surface area contributed by atoms with E-state index in [4.69, 9.17) is 10.2 Å². The van der Waals surface area contributed by atoms with Crippen LogP contribution in [0.4, 0.5) is 0 Å². The van der Waals surface area contributed by atoms with E-state index in [-0.39, 0.29) is 0 Å². The Morgan fingerprint density at radius 1 is 1.46 bits per heavy atom. The Bertz CT molecular complexity index is 304. The monoisotopic (exact) mass is 183 g/mol. The lowest BCUT2D eigenvalue weighted by Crippen LogP contribution is -2.15. The predicted molar refractivity (Wildman–Crippen MR) is 43.4 cm³/mol. The van der Waals surface area contributed by atoms with E-state index in [0.29, 0.717) is 5.56 Å². The zero-order valence-corrected chi connectivity index (χ0v) is 6.73. The molecule has 0 radical (unpaired) electrons. The van der Waals surface area contributed by atoms with Crippen LogP contribution in [0, 0.1) is 0 Å². The summed E-state index contributed by atoms with van der Waals surface area (Å²) in [5.41, 5.74) is 0.481. The van der Waals surface area contributed by atoms with Crippen molar-refractivity contribution in [2.75, 3.05) is 0 Å². The van der Waals surface area contributed by atoms with Crippen LogP contribution in [-0.4, -0.2) is 27.1 Å². The van der Waals surface area contributed by atoms with Gasteiger partial charge in [0.25, 0.3) is 0 Å². The van der Waals surface area contributed by atoms with Gasteiger partial charge >= 0.3 is 11.9 Å². The Labute approximate surface area is 74.0 Å². The minimum Gasteiger partial charge on any atom is -0.481 e. The van der Waals surface area contributed by atoms with E-state index >= 15 is 0 Å². The average Bonchev–Trinajstić information content (AvgIpc) is 2.50. The number of carboxylic acids is 2. The van der Waals surface area contributed by atoms with Crippen LogP contribution in [0.1, 0.15) is 17.9 Å². The number of aromatic nitrogens is 1. The van der Waals surface area contributed by atoms with Gasteiger partial charge in [-0.05, 0) is 11.6 Å². The lowest BCUT2D eigenvalue weighted by Gasteiger charge is -2.06. The summed E-state index contributed by atoms with van der Waals surface area (Å²) in [4.78, 5) is 23.7. The third-order valence-electron chi connectivity index (χ3n) is 1.70. The summed E-state index contributed by atoms with van der Waals surface area (Å²) in [6, 6.07) is 1.56. The summed E-state index contributed by atoms with van der Waals surface area (Å²) in [6.45, 7) is 0. The molecule has 0 aliphatic carbocycles. The van der Waals surface area contributed by atoms with Crippen molar-refractivity contribution in [2.45, 2.75) is 12.3 Å². The van der Waals surface area contributed by atoms with Crippen molar-refractivity contribution in [2.24, 2.45) is 0 Å². The Hall–Kier alpha value is -1.78. The molecule has 0 aromatic carbocycles. The van der Waals surface area contributed by atoms with Gasteiger partial charge in [0, 0.05) is 12.4 Å². The number of aromatic amines is 1. The highest BCUT2D eigenvalue weighted by atomic mass is 16.4. The fourth-order valence-corrected chi connectivity index (χ4v) is 1.08. The van der Waals surface area contributed by atoms with E-state index in [2.05, 4.69) is 4.98 Å². The molecule has 0 spiro atoms. The number of rotatable bonds is 4. The van der Waals surface area contributed by atoms with Crippen molar-refractivity contribution in [1.82, 2.24) is 4.98 Å². The first kappa shape index (κ1) is 9.31. The Morgan fingerprint density at radius 3 is 2.54 bits per heavy atom. The molecule has 3 N–H and O–H groups in total. The second kappa shape index (κ2) is 3.75. The minimum atomic E-state index is -1.12. The second-order valence-corrected chi connectivity index (χ2v) is 2.63. The van der Waals surface area contributed by atoms with Gasteiger partial charge in [0.15, 0.2) is 0 Å². The highest BCUT2D eigenvalue weighted by molar-refractivity contribution is 5.82. The van der Waals surface area contributed by atoms with Gasteiger partial charge in [0.2, 0.25) is 0 Å². The second-order valence-electron chi connectivity index (χ2n) is 2.63. The molecule has 0 aliphatic rings. The highest BCUT2D eigenvalue weighted by Crippen LogP contribution is 2.18. The van der Waals surface area contributed by atoms with Crippen LogP contribution < -0.4 is 0 Å².